The molecule has 0 aliphatic rings. The minimum atomic E-state index is -0.0865. The minimum Gasteiger partial charge on any atom is -0.396 e. The Bertz CT molecular complexity index is 817. The van der Waals surface area contributed by atoms with Gasteiger partial charge < -0.3 is 20.3 Å². The van der Waals surface area contributed by atoms with Crippen molar-refractivity contribution in [2.45, 2.75) is 46.6 Å². The number of unbranched alkanes of at least 4 members (excludes halogenated alkanes) is 1. The minimum absolute atomic E-state index is 0.0865. The van der Waals surface area contributed by atoms with Gasteiger partial charge in [0, 0.05) is 25.3 Å². The van der Waals surface area contributed by atoms with E-state index in [9.17, 15) is 9.90 Å². The van der Waals surface area contributed by atoms with Gasteiger partial charge in [-0.25, -0.2) is 0 Å². The Labute approximate surface area is 160 Å². The molecule has 2 aromatic rings. The van der Waals surface area contributed by atoms with E-state index in [1.165, 1.54) is 0 Å². The zero-order valence-corrected chi connectivity index (χ0v) is 16.7. The number of aromatic nitrogens is 1. The van der Waals surface area contributed by atoms with Gasteiger partial charge in [0.15, 0.2) is 5.11 Å². The molecule has 0 spiro atoms. The Morgan fingerprint density at radius 3 is 2.77 bits per heavy atom. The van der Waals surface area contributed by atoms with Crippen LogP contribution >= 0.6 is 12.2 Å². The first-order valence-electron chi connectivity index (χ1n) is 9.23. The first-order chi connectivity index (χ1) is 12.5. The van der Waals surface area contributed by atoms with Gasteiger partial charge in [0.1, 0.15) is 0 Å². The average Bonchev–Trinajstić information content (AvgIpc) is 2.63. The van der Waals surface area contributed by atoms with Crippen LogP contribution in [0.5, 0.6) is 0 Å². The molecule has 26 heavy (non-hydrogen) atoms. The third-order valence-corrected chi connectivity index (χ3v) is 5.07. The second-order valence-electron chi connectivity index (χ2n) is 6.68. The molecule has 0 amide bonds. The maximum atomic E-state index is 12.6. The van der Waals surface area contributed by atoms with E-state index >= 15 is 0 Å². The van der Waals surface area contributed by atoms with Gasteiger partial charge in [-0.15, -0.1) is 0 Å². The maximum absolute atomic E-state index is 12.6. The van der Waals surface area contributed by atoms with E-state index in [2.05, 4.69) is 23.3 Å². The third kappa shape index (κ3) is 5.05. The molecule has 1 aromatic carbocycles. The summed E-state index contributed by atoms with van der Waals surface area (Å²) in [5.41, 5.74) is 3.74. The number of hydrogen-bond acceptors (Lipinski definition) is 3. The van der Waals surface area contributed by atoms with E-state index in [4.69, 9.17) is 12.2 Å². The number of nitrogens with one attached hydrogen (secondary N) is 2. The fraction of sp³-hybridized carbons (Fsp3) is 0.500. The van der Waals surface area contributed by atoms with E-state index in [1.807, 2.05) is 30.9 Å². The summed E-state index contributed by atoms with van der Waals surface area (Å²) in [5, 5.41) is 14.1. The second-order valence-corrected chi connectivity index (χ2v) is 7.07. The standard InChI is InChI=1S/C20H29N3O2S/c1-4-5-9-21-20(26)23(10-6-11-24)13-17-12-16-8-7-14(2)15(3)18(16)22-19(17)25/h7-8,12,24H,4-6,9-11,13H2,1-3H3,(H,21,26)(H,22,25). The number of H-pyrrole nitrogens is 1. The van der Waals surface area contributed by atoms with Crippen molar-refractivity contribution < 1.29 is 5.11 Å². The Morgan fingerprint density at radius 1 is 1.31 bits per heavy atom. The number of fused-ring (bicyclic) bond motifs is 1. The number of aryl methyl sites for hydroxylation is 2. The van der Waals surface area contributed by atoms with E-state index in [-0.39, 0.29) is 12.2 Å². The van der Waals surface area contributed by atoms with Gasteiger partial charge >= 0.3 is 0 Å². The highest BCUT2D eigenvalue weighted by atomic mass is 32.1. The highest BCUT2D eigenvalue weighted by Gasteiger charge is 2.13. The summed E-state index contributed by atoms with van der Waals surface area (Å²) < 4.78 is 0. The number of aliphatic hydroxyl groups is 1. The average molecular weight is 376 g/mol. The smallest absolute Gasteiger partial charge is 0.253 e. The van der Waals surface area contributed by atoms with Crippen LogP contribution in [-0.2, 0) is 6.54 Å². The van der Waals surface area contributed by atoms with Crippen LogP contribution in [-0.4, -0.2) is 39.8 Å². The zero-order chi connectivity index (χ0) is 19.1. The van der Waals surface area contributed by atoms with Gasteiger partial charge in [0.05, 0.1) is 12.1 Å². The number of aliphatic hydroxyl groups excluding tert-OH is 1. The SMILES string of the molecule is CCCCNC(=S)N(CCCO)Cc1cc2ccc(C)c(C)c2[nH]c1=O. The van der Waals surface area contributed by atoms with E-state index in [0.717, 1.165) is 41.4 Å². The molecule has 0 aliphatic carbocycles. The fourth-order valence-electron chi connectivity index (χ4n) is 2.89. The molecule has 5 nitrogen and oxygen atoms in total. The van der Waals surface area contributed by atoms with Crippen molar-refractivity contribution in [2.75, 3.05) is 19.7 Å². The summed E-state index contributed by atoms with van der Waals surface area (Å²) in [6.45, 7) is 8.14. The highest BCUT2D eigenvalue weighted by molar-refractivity contribution is 7.80. The fourth-order valence-corrected chi connectivity index (χ4v) is 3.15. The van der Waals surface area contributed by atoms with E-state index in [1.54, 1.807) is 0 Å². The van der Waals surface area contributed by atoms with Crippen LogP contribution in [0, 0.1) is 13.8 Å². The van der Waals surface area contributed by atoms with Crippen LogP contribution in [0.25, 0.3) is 10.9 Å². The number of benzene rings is 1. The molecule has 1 heterocycles. The molecule has 2 rings (SSSR count). The lowest BCUT2D eigenvalue weighted by molar-refractivity contribution is 0.264. The second kappa shape index (κ2) is 9.69. The van der Waals surface area contributed by atoms with E-state index < -0.39 is 0 Å². The molecule has 3 N–H and O–H groups in total. The molecular weight excluding hydrogens is 346 g/mol. The lowest BCUT2D eigenvalue weighted by Gasteiger charge is -2.25. The van der Waals surface area contributed by atoms with Crippen molar-refractivity contribution in [3.05, 3.63) is 45.2 Å². The molecule has 0 unspecified atom stereocenters. The Morgan fingerprint density at radius 2 is 2.08 bits per heavy atom. The molecule has 6 heteroatoms. The largest absolute Gasteiger partial charge is 0.396 e. The lowest BCUT2D eigenvalue weighted by Crippen LogP contribution is -2.41. The topological polar surface area (TPSA) is 68.4 Å². The van der Waals surface area contributed by atoms with Crippen LogP contribution < -0.4 is 10.9 Å². The summed E-state index contributed by atoms with van der Waals surface area (Å²) in [5.74, 6) is 0. The van der Waals surface area contributed by atoms with Crippen LogP contribution in [0.3, 0.4) is 0 Å². The monoisotopic (exact) mass is 375 g/mol. The quantitative estimate of drug-likeness (QED) is 0.489. The van der Waals surface area contributed by atoms with Crippen molar-refractivity contribution in [1.29, 1.82) is 0 Å². The molecule has 0 atom stereocenters. The third-order valence-electron chi connectivity index (χ3n) is 4.67. The van der Waals surface area contributed by atoms with Crippen LogP contribution in [0.1, 0.15) is 42.9 Å². The summed E-state index contributed by atoms with van der Waals surface area (Å²) in [7, 11) is 0. The summed E-state index contributed by atoms with van der Waals surface area (Å²) >= 11 is 5.50. The highest BCUT2D eigenvalue weighted by Crippen LogP contribution is 2.19. The zero-order valence-electron chi connectivity index (χ0n) is 15.9. The van der Waals surface area contributed by atoms with Crippen LogP contribution in [0.2, 0.25) is 0 Å². The number of pyridine rings is 1. The summed E-state index contributed by atoms with van der Waals surface area (Å²) in [6, 6.07) is 6.05. The number of nitrogens with zero attached hydrogens (tertiary/aromatic N) is 1. The maximum Gasteiger partial charge on any atom is 0.253 e. The number of thiocarbonyl (C=S) groups is 1. The van der Waals surface area contributed by atoms with Crippen molar-refractivity contribution in [3.8, 4) is 0 Å². The molecule has 0 fully saturated rings. The van der Waals surface area contributed by atoms with Crippen molar-refractivity contribution in [3.63, 3.8) is 0 Å². The lowest BCUT2D eigenvalue weighted by atomic mass is 10.0. The van der Waals surface area contributed by atoms with Crippen molar-refractivity contribution in [1.82, 2.24) is 15.2 Å². The number of hydrogen-bond donors (Lipinski definition) is 3. The molecule has 0 saturated heterocycles. The molecule has 0 radical (unpaired) electrons. The van der Waals surface area contributed by atoms with Crippen molar-refractivity contribution in [2.24, 2.45) is 0 Å². The first-order valence-corrected chi connectivity index (χ1v) is 9.64. The van der Waals surface area contributed by atoms with Gasteiger partial charge in [0.25, 0.3) is 5.56 Å². The predicted molar refractivity (Wildman–Crippen MR) is 112 cm³/mol. The summed E-state index contributed by atoms with van der Waals surface area (Å²) in [6.07, 6.45) is 2.75. The van der Waals surface area contributed by atoms with Crippen LogP contribution in [0.15, 0.2) is 23.0 Å². The first kappa shape index (κ1) is 20.4. The van der Waals surface area contributed by atoms with Gasteiger partial charge in [-0.05, 0) is 61.5 Å². The molecule has 1 aromatic heterocycles. The summed E-state index contributed by atoms with van der Waals surface area (Å²) in [4.78, 5) is 17.6. The normalized spacial score (nSPS) is 10.9. The van der Waals surface area contributed by atoms with Gasteiger partial charge in [-0.2, -0.15) is 0 Å². The Hall–Kier alpha value is -1.92. The predicted octanol–water partition coefficient (Wildman–Crippen LogP) is 3.00. The van der Waals surface area contributed by atoms with Gasteiger partial charge in [0.2, 0.25) is 0 Å². The molecule has 0 bridgehead atoms. The Balaban J connectivity index is 2.26. The Kier molecular flexibility index (Phi) is 7.60. The molecule has 142 valence electrons. The van der Waals surface area contributed by atoms with Crippen LogP contribution in [0.4, 0.5) is 0 Å². The molecule has 0 aliphatic heterocycles. The van der Waals surface area contributed by atoms with Gasteiger partial charge in [-0.3, -0.25) is 4.79 Å². The molecule has 0 saturated carbocycles. The van der Waals surface area contributed by atoms with Gasteiger partial charge in [-0.1, -0.05) is 25.5 Å². The number of aromatic amines is 1. The van der Waals surface area contributed by atoms with Crippen molar-refractivity contribution >= 4 is 28.2 Å². The van der Waals surface area contributed by atoms with E-state index in [0.29, 0.717) is 30.2 Å². The number of rotatable bonds is 8. The molecular formula is C20H29N3O2S.